The van der Waals surface area contributed by atoms with E-state index in [0.717, 1.165) is 5.56 Å². The van der Waals surface area contributed by atoms with Crippen LogP contribution in [0.15, 0.2) is 42.6 Å². The van der Waals surface area contributed by atoms with Gasteiger partial charge in [0.05, 0.1) is 7.11 Å². The Labute approximate surface area is 145 Å². The standard InChI is InChI=1S/C18H21FN2O4/c1-23-16-9-4-13(10-20-16)11-21-17(22)14-5-7-15(8-6-14)18(12-19,24-2)25-3/h4-10H,11-12H2,1-3H3,(H,21,22). The Morgan fingerprint density at radius 2 is 1.80 bits per heavy atom. The summed E-state index contributed by atoms with van der Waals surface area (Å²) in [6, 6.07) is 9.95. The number of pyridine rings is 1. The smallest absolute Gasteiger partial charge is 0.251 e. The van der Waals surface area contributed by atoms with Gasteiger partial charge in [0.2, 0.25) is 11.7 Å². The number of hydrogen-bond acceptors (Lipinski definition) is 5. The van der Waals surface area contributed by atoms with Gasteiger partial charge in [-0.25, -0.2) is 9.37 Å². The number of nitrogens with one attached hydrogen (secondary N) is 1. The van der Waals surface area contributed by atoms with Crippen molar-refractivity contribution in [3.8, 4) is 5.88 Å². The van der Waals surface area contributed by atoms with Crippen LogP contribution in [0, 0.1) is 0 Å². The molecule has 1 N–H and O–H groups in total. The quantitative estimate of drug-likeness (QED) is 0.742. The van der Waals surface area contributed by atoms with Crippen LogP contribution in [0.5, 0.6) is 5.88 Å². The number of amides is 1. The van der Waals surface area contributed by atoms with E-state index in [0.29, 0.717) is 23.6 Å². The van der Waals surface area contributed by atoms with E-state index in [-0.39, 0.29) is 5.91 Å². The molecule has 0 saturated heterocycles. The third kappa shape index (κ3) is 4.32. The highest BCUT2D eigenvalue weighted by atomic mass is 19.1. The van der Waals surface area contributed by atoms with E-state index in [1.807, 2.05) is 6.07 Å². The Morgan fingerprint density at radius 1 is 1.12 bits per heavy atom. The Kier molecular flexibility index (Phi) is 6.44. The topological polar surface area (TPSA) is 69.7 Å². The second-order valence-electron chi connectivity index (χ2n) is 5.26. The van der Waals surface area contributed by atoms with Crippen molar-refractivity contribution < 1.29 is 23.4 Å². The number of aromatic nitrogens is 1. The number of ether oxygens (including phenoxy) is 3. The number of benzene rings is 1. The number of halogens is 1. The molecule has 0 fully saturated rings. The van der Waals surface area contributed by atoms with E-state index in [1.54, 1.807) is 36.5 Å². The van der Waals surface area contributed by atoms with E-state index < -0.39 is 12.5 Å². The molecular weight excluding hydrogens is 327 g/mol. The van der Waals surface area contributed by atoms with Crippen molar-refractivity contribution in [1.29, 1.82) is 0 Å². The molecular formula is C18H21FN2O4. The summed E-state index contributed by atoms with van der Waals surface area (Å²) >= 11 is 0. The van der Waals surface area contributed by atoms with Gasteiger partial charge in [-0.3, -0.25) is 4.79 Å². The summed E-state index contributed by atoms with van der Waals surface area (Å²) in [4.78, 5) is 16.3. The molecule has 0 atom stereocenters. The van der Waals surface area contributed by atoms with Gasteiger partial charge in [-0.1, -0.05) is 18.2 Å². The molecule has 6 nitrogen and oxygen atoms in total. The largest absolute Gasteiger partial charge is 0.481 e. The van der Waals surface area contributed by atoms with Crippen LogP contribution >= 0.6 is 0 Å². The first-order valence-corrected chi connectivity index (χ1v) is 7.62. The molecule has 0 saturated carbocycles. The summed E-state index contributed by atoms with van der Waals surface area (Å²) in [6.07, 6.45) is 1.63. The third-order valence-corrected chi connectivity index (χ3v) is 3.88. The second-order valence-corrected chi connectivity index (χ2v) is 5.26. The normalized spacial score (nSPS) is 11.2. The average molecular weight is 348 g/mol. The molecule has 0 bridgehead atoms. The Balaban J connectivity index is 2.02. The number of carbonyl (C=O) groups is 1. The van der Waals surface area contributed by atoms with E-state index in [9.17, 15) is 9.18 Å². The summed E-state index contributed by atoms with van der Waals surface area (Å²) in [6.45, 7) is -0.502. The van der Waals surface area contributed by atoms with Gasteiger partial charge in [-0.15, -0.1) is 0 Å². The van der Waals surface area contributed by atoms with Crippen molar-refractivity contribution >= 4 is 5.91 Å². The van der Waals surface area contributed by atoms with Crippen molar-refractivity contribution in [2.45, 2.75) is 12.3 Å². The fourth-order valence-electron chi connectivity index (χ4n) is 2.30. The molecule has 1 aromatic heterocycles. The van der Waals surface area contributed by atoms with Crippen molar-refractivity contribution in [3.63, 3.8) is 0 Å². The van der Waals surface area contributed by atoms with Crippen LogP contribution in [-0.2, 0) is 21.8 Å². The summed E-state index contributed by atoms with van der Waals surface area (Å²) < 4.78 is 28.5. The maximum Gasteiger partial charge on any atom is 0.251 e. The number of rotatable bonds is 8. The zero-order valence-corrected chi connectivity index (χ0v) is 14.4. The lowest BCUT2D eigenvalue weighted by Crippen LogP contribution is -2.33. The fourth-order valence-corrected chi connectivity index (χ4v) is 2.30. The summed E-state index contributed by atoms with van der Waals surface area (Å²) in [7, 11) is 4.28. The van der Waals surface area contributed by atoms with Crippen molar-refractivity contribution in [3.05, 3.63) is 59.3 Å². The van der Waals surface area contributed by atoms with Crippen LogP contribution < -0.4 is 10.1 Å². The number of methoxy groups -OCH3 is 3. The first-order chi connectivity index (χ1) is 12.1. The van der Waals surface area contributed by atoms with Crippen LogP contribution in [0.2, 0.25) is 0 Å². The van der Waals surface area contributed by atoms with Gasteiger partial charge in [-0.2, -0.15) is 0 Å². The van der Waals surface area contributed by atoms with Crippen molar-refractivity contribution in [1.82, 2.24) is 10.3 Å². The number of carbonyl (C=O) groups excluding carboxylic acids is 1. The number of alkyl halides is 1. The molecule has 2 rings (SSSR count). The zero-order valence-electron chi connectivity index (χ0n) is 14.4. The molecule has 0 aliphatic rings. The molecule has 1 amide bonds. The predicted molar refractivity (Wildman–Crippen MR) is 90.1 cm³/mol. The second kappa shape index (κ2) is 8.55. The van der Waals surface area contributed by atoms with Gasteiger partial charge < -0.3 is 19.5 Å². The van der Waals surface area contributed by atoms with E-state index in [4.69, 9.17) is 14.2 Å². The van der Waals surface area contributed by atoms with E-state index in [1.165, 1.54) is 21.3 Å². The lowest BCUT2D eigenvalue weighted by molar-refractivity contribution is -0.224. The maximum absolute atomic E-state index is 13.3. The summed E-state index contributed by atoms with van der Waals surface area (Å²) in [5.74, 6) is -1.19. The maximum atomic E-state index is 13.3. The molecule has 0 radical (unpaired) electrons. The predicted octanol–water partition coefficient (Wildman–Crippen LogP) is 2.44. The molecule has 134 valence electrons. The summed E-state index contributed by atoms with van der Waals surface area (Å²) in [5.41, 5.74) is 1.79. The van der Waals surface area contributed by atoms with Gasteiger partial charge in [-0.05, 0) is 17.7 Å². The Bertz CT molecular complexity index is 677. The molecule has 0 unspecified atom stereocenters. The molecule has 1 heterocycles. The minimum Gasteiger partial charge on any atom is -0.481 e. The minimum atomic E-state index is -1.45. The van der Waals surface area contributed by atoms with Gasteiger partial charge in [0.1, 0.15) is 6.67 Å². The molecule has 7 heteroatoms. The van der Waals surface area contributed by atoms with E-state index in [2.05, 4.69) is 10.3 Å². The Morgan fingerprint density at radius 3 is 2.28 bits per heavy atom. The molecule has 25 heavy (non-hydrogen) atoms. The molecule has 1 aromatic carbocycles. The van der Waals surface area contributed by atoms with Gasteiger partial charge in [0.15, 0.2) is 0 Å². The lowest BCUT2D eigenvalue weighted by atomic mass is 10.0. The first-order valence-electron chi connectivity index (χ1n) is 7.62. The SMILES string of the molecule is COc1ccc(CNC(=O)c2ccc(C(CF)(OC)OC)cc2)cn1. The highest BCUT2D eigenvalue weighted by molar-refractivity contribution is 5.94. The molecule has 0 aliphatic heterocycles. The third-order valence-electron chi connectivity index (χ3n) is 3.88. The van der Waals surface area contributed by atoms with Crippen LogP contribution in [0.25, 0.3) is 0 Å². The monoisotopic (exact) mass is 348 g/mol. The minimum absolute atomic E-state index is 0.247. The first kappa shape index (κ1) is 18.8. The Hall–Kier alpha value is -2.51. The molecule has 0 aliphatic carbocycles. The highest BCUT2D eigenvalue weighted by Crippen LogP contribution is 2.26. The fraction of sp³-hybridized carbons (Fsp3) is 0.333. The van der Waals surface area contributed by atoms with Gasteiger partial charge >= 0.3 is 0 Å². The van der Waals surface area contributed by atoms with Crippen molar-refractivity contribution in [2.24, 2.45) is 0 Å². The zero-order chi connectivity index (χ0) is 18.3. The summed E-state index contributed by atoms with van der Waals surface area (Å²) in [5, 5.41) is 2.80. The molecule has 2 aromatic rings. The van der Waals surface area contributed by atoms with E-state index >= 15 is 0 Å². The van der Waals surface area contributed by atoms with Crippen LogP contribution in [-0.4, -0.2) is 38.9 Å². The number of nitrogens with zero attached hydrogens (tertiary/aromatic N) is 1. The number of hydrogen-bond donors (Lipinski definition) is 1. The van der Waals surface area contributed by atoms with Gasteiger partial charge in [0, 0.05) is 44.2 Å². The van der Waals surface area contributed by atoms with Crippen LogP contribution in [0.4, 0.5) is 4.39 Å². The lowest BCUT2D eigenvalue weighted by Gasteiger charge is -2.28. The van der Waals surface area contributed by atoms with Crippen LogP contribution in [0.1, 0.15) is 21.5 Å². The average Bonchev–Trinajstić information content (AvgIpc) is 2.69. The molecule has 0 spiro atoms. The van der Waals surface area contributed by atoms with Crippen molar-refractivity contribution in [2.75, 3.05) is 28.0 Å². The van der Waals surface area contributed by atoms with Gasteiger partial charge in [0.25, 0.3) is 5.91 Å². The highest BCUT2D eigenvalue weighted by Gasteiger charge is 2.32. The van der Waals surface area contributed by atoms with Crippen LogP contribution in [0.3, 0.4) is 0 Å².